The quantitative estimate of drug-likeness (QED) is 0.200. The fraction of sp³-hybridized carbons (Fsp3) is 0.143. The molecule has 5 N–H and O–H groups in total. The van der Waals surface area contributed by atoms with E-state index < -0.39 is 18.6 Å². The van der Waals surface area contributed by atoms with E-state index in [1.54, 1.807) is 41.2 Å². The summed E-state index contributed by atoms with van der Waals surface area (Å²) in [5, 5.41) is 21.3. The Hall–Kier alpha value is -4.27. The van der Waals surface area contributed by atoms with Gasteiger partial charge in [0.1, 0.15) is 0 Å². The summed E-state index contributed by atoms with van der Waals surface area (Å²) in [4.78, 5) is 29.0. The second kappa shape index (κ2) is 11.6. The molecule has 0 radical (unpaired) electrons. The Morgan fingerprint density at radius 1 is 1.05 bits per heavy atom. The van der Waals surface area contributed by atoms with Gasteiger partial charge in [0.05, 0.1) is 30.5 Å². The number of aromatic nitrogens is 2. The highest BCUT2D eigenvalue weighted by Gasteiger charge is 2.21. The number of pyridine rings is 2. The van der Waals surface area contributed by atoms with Crippen molar-refractivity contribution in [3.05, 3.63) is 129 Å². The number of carbonyl (C=O) groups is 1. The molecule has 8 nitrogen and oxygen atoms in total. The van der Waals surface area contributed by atoms with Crippen LogP contribution in [0.4, 0.5) is 5.69 Å². The van der Waals surface area contributed by atoms with E-state index in [9.17, 15) is 14.7 Å². The zero-order chi connectivity index (χ0) is 26.4. The van der Waals surface area contributed by atoms with Crippen LogP contribution in [-0.2, 0) is 13.0 Å². The SMILES string of the molecule is N=C(c1cc(Cl)ccc1N)C(CO)NC(=O)c1cncc(Cc2ccc(Cn3ccccc3=O)cc2)c1. The van der Waals surface area contributed by atoms with Crippen LogP contribution < -0.4 is 16.6 Å². The van der Waals surface area contributed by atoms with Gasteiger partial charge >= 0.3 is 0 Å². The number of halogens is 1. The fourth-order valence-corrected chi connectivity index (χ4v) is 4.07. The highest BCUT2D eigenvalue weighted by atomic mass is 35.5. The van der Waals surface area contributed by atoms with Crippen LogP contribution in [-0.4, -0.2) is 38.9 Å². The van der Waals surface area contributed by atoms with Crippen molar-refractivity contribution in [1.82, 2.24) is 14.9 Å². The van der Waals surface area contributed by atoms with Gasteiger partial charge < -0.3 is 26.1 Å². The molecule has 0 bridgehead atoms. The molecular formula is C28H26ClN5O3. The van der Waals surface area contributed by atoms with Crippen LogP contribution in [0, 0.1) is 5.41 Å². The van der Waals surface area contributed by atoms with E-state index in [2.05, 4.69) is 10.3 Å². The minimum absolute atomic E-state index is 0.0437. The first kappa shape index (κ1) is 25.8. The van der Waals surface area contributed by atoms with Crippen molar-refractivity contribution in [3.63, 3.8) is 0 Å². The van der Waals surface area contributed by atoms with Gasteiger partial charge in [0.15, 0.2) is 0 Å². The minimum Gasteiger partial charge on any atom is -0.398 e. The van der Waals surface area contributed by atoms with E-state index in [1.165, 1.54) is 18.3 Å². The van der Waals surface area contributed by atoms with Crippen molar-refractivity contribution < 1.29 is 9.90 Å². The van der Waals surface area contributed by atoms with Crippen molar-refractivity contribution in [2.24, 2.45) is 0 Å². The molecule has 0 aliphatic rings. The van der Waals surface area contributed by atoms with Gasteiger partial charge in [-0.25, -0.2) is 0 Å². The summed E-state index contributed by atoms with van der Waals surface area (Å²) in [6.07, 6.45) is 5.43. The molecule has 0 spiro atoms. The smallest absolute Gasteiger partial charge is 0.253 e. The van der Waals surface area contributed by atoms with Crippen molar-refractivity contribution in [2.75, 3.05) is 12.3 Å². The van der Waals surface area contributed by atoms with Gasteiger partial charge in [-0.15, -0.1) is 0 Å². The molecule has 0 saturated carbocycles. The Kier molecular flexibility index (Phi) is 8.12. The van der Waals surface area contributed by atoms with E-state index in [-0.39, 0.29) is 11.3 Å². The lowest BCUT2D eigenvalue weighted by Crippen LogP contribution is -2.43. The molecule has 1 unspecified atom stereocenters. The molecule has 0 aliphatic carbocycles. The number of nitrogens with one attached hydrogen (secondary N) is 2. The van der Waals surface area contributed by atoms with Crippen LogP contribution in [0.3, 0.4) is 0 Å². The third kappa shape index (κ3) is 6.49. The Bertz CT molecular complexity index is 1480. The topological polar surface area (TPSA) is 134 Å². The zero-order valence-corrected chi connectivity index (χ0v) is 20.7. The standard InChI is InChI=1S/C28H26ClN5O3/c29-22-8-9-24(30)23(13-22)27(31)25(17-35)33-28(37)21-12-20(14-32-15-21)11-18-4-6-19(7-5-18)16-34-10-2-1-3-26(34)36/h1-10,12-15,25,31,35H,11,16-17,30H2,(H,33,37). The summed E-state index contributed by atoms with van der Waals surface area (Å²) < 4.78 is 1.64. The van der Waals surface area contributed by atoms with E-state index in [0.29, 0.717) is 34.8 Å². The first-order chi connectivity index (χ1) is 17.8. The number of aliphatic hydroxyl groups is 1. The highest BCUT2D eigenvalue weighted by Crippen LogP contribution is 2.20. The lowest BCUT2D eigenvalue weighted by Gasteiger charge is -2.19. The van der Waals surface area contributed by atoms with Crippen LogP contribution in [0.15, 0.2) is 90.1 Å². The molecule has 188 valence electrons. The molecule has 2 heterocycles. The van der Waals surface area contributed by atoms with Crippen LogP contribution >= 0.6 is 11.6 Å². The lowest BCUT2D eigenvalue weighted by atomic mass is 10.0. The zero-order valence-electron chi connectivity index (χ0n) is 19.9. The van der Waals surface area contributed by atoms with Gasteiger partial charge in [-0.05, 0) is 53.4 Å². The Balaban J connectivity index is 1.43. The summed E-state index contributed by atoms with van der Waals surface area (Å²) in [7, 11) is 0. The number of benzene rings is 2. The van der Waals surface area contributed by atoms with Gasteiger partial charge in [0.2, 0.25) is 0 Å². The fourth-order valence-electron chi connectivity index (χ4n) is 3.89. The molecule has 4 rings (SSSR count). The van der Waals surface area contributed by atoms with E-state index in [4.69, 9.17) is 22.7 Å². The maximum absolute atomic E-state index is 12.9. The van der Waals surface area contributed by atoms with Gasteiger partial charge in [-0.2, -0.15) is 0 Å². The second-order valence-electron chi connectivity index (χ2n) is 8.60. The van der Waals surface area contributed by atoms with Gasteiger partial charge in [-0.1, -0.05) is 41.9 Å². The third-order valence-electron chi connectivity index (χ3n) is 5.88. The van der Waals surface area contributed by atoms with Gasteiger partial charge in [0, 0.05) is 40.9 Å². The predicted octanol–water partition coefficient (Wildman–Crippen LogP) is 3.28. The van der Waals surface area contributed by atoms with Crippen molar-refractivity contribution >= 4 is 28.9 Å². The highest BCUT2D eigenvalue weighted by molar-refractivity contribution is 6.31. The largest absolute Gasteiger partial charge is 0.398 e. The number of hydrogen-bond acceptors (Lipinski definition) is 6. The number of rotatable bonds is 9. The van der Waals surface area contributed by atoms with Crippen molar-refractivity contribution in [3.8, 4) is 0 Å². The molecule has 9 heteroatoms. The van der Waals surface area contributed by atoms with E-state index >= 15 is 0 Å². The van der Waals surface area contributed by atoms with Crippen molar-refractivity contribution in [2.45, 2.75) is 19.0 Å². The number of nitrogen functional groups attached to an aromatic ring is 1. The molecule has 0 fully saturated rings. The van der Waals surface area contributed by atoms with Crippen LogP contribution in [0.2, 0.25) is 5.02 Å². The average molecular weight is 516 g/mol. The number of hydrogen-bond donors (Lipinski definition) is 4. The maximum atomic E-state index is 12.9. The molecule has 0 aliphatic heterocycles. The number of aliphatic hydroxyl groups excluding tert-OH is 1. The summed E-state index contributed by atoms with van der Waals surface area (Å²) in [5.41, 5.74) is 9.69. The van der Waals surface area contributed by atoms with Crippen LogP contribution in [0.25, 0.3) is 0 Å². The normalized spacial score (nSPS) is 11.6. The summed E-state index contributed by atoms with van der Waals surface area (Å²) in [5.74, 6) is -0.470. The molecule has 4 aromatic rings. The molecule has 1 atom stereocenters. The summed E-state index contributed by atoms with van der Waals surface area (Å²) >= 11 is 6.02. The predicted molar refractivity (Wildman–Crippen MR) is 144 cm³/mol. The Morgan fingerprint density at radius 2 is 1.81 bits per heavy atom. The lowest BCUT2D eigenvalue weighted by molar-refractivity contribution is 0.0933. The average Bonchev–Trinajstić information content (AvgIpc) is 2.90. The van der Waals surface area contributed by atoms with E-state index in [0.717, 1.165) is 16.7 Å². The van der Waals surface area contributed by atoms with Crippen LogP contribution in [0.5, 0.6) is 0 Å². The number of amides is 1. The first-order valence-corrected chi connectivity index (χ1v) is 11.9. The number of nitrogens with two attached hydrogens (primary N) is 1. The molecule has 0 saturated heterocycles. The number of carbonyl (C=O) groups excluding carboxylic acids is 1. The molecular weight excluding hydrogens is 490 g/mol. The maximum Gasteiger partial charge on any atom is 0.253 e. The first-order valence-electron chi connectivity index (χ1n) is 11.6. The third-order valence-corrected chi connectivity index (χ3v) is 6.12. The number of nitrogens with zero attached hydrogens (tertiary/aromatic N) is 2. The summed E-state index contributed by atoms with van der Waals surface area (Å²) in [6, 6.07) is 18.4. The molecule has 2 aromatic heterocycles. The van der Waals surface area contributed by atoms with Gasteiger partial charge in [0.25, 0.3) is 11.5 Å². The monoisotopic (exact) mass is 515 g/mol. The Labute approximate surface area is 218 Å². The molecule has 37 heavy (non-hydrogen) atoms. The van der Waals surface area contributed by atoms with Crippen molar-refractivity contribution in [1.29, 1.82) is 5.41 Å². The van der Waals surface area contributed by atoms with Gasteiger partial charge in [-0.3, -0.25) is 14.6 Å². The minimum atomic E-state index is -0.971. The number of anilines is 1. The second-order valence-corrected chi connectivity index (χ2v) is 9.03. The van der Waals surface area contributed by atoms with Crippen LogP contribution in [0.1, 0.15) is 32.6 Å². The Morgan fingerprint density at radius 3 is 2.54 bits per heavy atom. The molecule has 2 aromatic carbocycles. The summed E-state index contributed by atoms with van der Waals surface area (Å²) in [6.45, 7) is 0.00410. The molecule has 1 amide bonds. The van der Waals surface area contributed by atoms with E-state index in [1.807, 2.05) is 30.3 Å².